The third-order valence-electron chi connectivity index (χ3n) is 1.91. The molecule has 0 radical (unpaired) electrons. The molecule has 0 unspecified atom stereocenters. The first kappa shape index (κ1) is 11.0. The summed E-state index contributed by atoms with van der Waals surface area (Å²) in [6.07, 6.45) is 0.835. The molecule has 1 heterocycles. The average Bonchev–Trinajstić information content (AvgIpc) is 2.06. The first-order valence-corrected chi connectivity index (χ1v) is 10.0. The molecule has 0 spiro atoms. The topological polar surface area (TPSA) is 32.3 Å². The molecule has 1 aliphatic rings. The van der Waals surface area contributed by atoms with Crippen molar-refractivity contribution in [1.82, 2.24) is 8.70 Å². The van der Waals surface area contributed by atoms with Crippen LogP contribution in [0.2, 0.25) is 4.73 Å². The Hall–Kier alpha value is 0.884. The maximum absolute atomic E-state index is 10.3. The zero-order valence-corrected chi connectivity index (χ0v) is 9.80. The van der Waals surface area contributed by atoms with E-state index >= 15 is 0 Å². The van der Waals surface area contributed by atoms with E-state index in [1.54, 1.807) is 0 Å². The number of carbonyl (C=O) groups is 1. The Morgan fingerprint density at radius 3 is 2.50 bits per heavy atom. The molecule has 0 bridgehead atoms. The summed E-state index contributed by atoms with van der Waals surface area (Å²) in [6.45, 7) is 3.60. The quantitative estimate of drug-likeness (QED) is 0.593. The summed E-state index contributed by atoms with van der Waals surface area (Å²) in [6, 6.07) is 0. The predicted molar refractivity (Wildman–Crippen MR) is 47.0 cm³/mol. The van der Waals surface area contributed by atoms with Crippen LogP contribution in [0.25, 0.3) is 0 Å². The van der Waals surface area contributed by atoms with Gasteiger partial charge >= 0.3 is 84.0 Å². The minimum absolute atomic E-state index is 0.350. The van der Waals surface area contributed by atoms with Crippen molar-refractivity contribution in [1.29, 1.82) is 0 Å². The number of piperazine rings is 1. The molecule has 0 atom stereocenters. The number of carbonyl (C=O) groups excluding carboxylic acids is 1. The summed E-state index contributed by atoms with van der Waals surface area (Å²) >= 11 is -2.93. The molecular weight excluding hydrogens is 235 g/mol. The van der Waals surface area contributed by atoms with E-state index in [1.165, 1.54) is 0 Å². The molecule has 3 nitrogen and oxygen atoms in total. The van der Waals surface area contributed by atoms with Crippen molar-refractivity contribution in [3.63, 3.8) is 0 Å². The van der Waals surface area contributed by atoms with E-state index in [0.717, 1.165) is 32.5 Å². The molecule has 0 aromatic carbocycles. The van der Waals surface area contributed by atoms with Crippen molar-refractivity contribution in [3.8, 4) is 0 Å². The molecule has 1 rings (SSSR count). The molecule has 70 valence electrons. The van der Waals surface area contributed by atoms with Crippen molar-refractivity contribution in [3.05, 3.63) is 0 Å². The minimum atomic E-state index is -2.93. The zero-order valence-electron chi connectivity index (χ0n) is 6.72. The summed E-state index contributed by atoms with van der Waals surface area (Å²) < 4.78 is 2.44. The van der Waals surface area contributed by atoms with E-state index < -0.39 is 14.7 Å². The van der Waals surface area contributed by atoms with Crippen LogP contribution in [0.1, 0.15) is 0 Å². The van der Waals surface area contributed by atoms with Gasteiger partial charge in [0.15, 0.2) is 0 Å². The number of rotatable bonds is 3. The normalized spacial score (nSPS) is 20.8. The van der Waals surface area contributed by atoms with Gasteiger partial charge < -0.3 is 0 Å². The number of hydrogen-bond acceptors (Lipinski definition) is 3. The zero-order chi connectivity index (χ0) is 9.03. The van der Waals surface area contributed by atoms with Gasteiger partial charge in [-0.05, 0) is 0 Å². The van der Waals surface area contributed by atoms with Gasteiger partial charge in [0.05, 0.1) is 0 Å². The van der Waals surface area contributed by atoms with Crippen LogP contribution in [0, 0.1) is 0 Å². The first-order valence-electron chi connectivity index (χ1n) is 3.94. The van der Waals surface area contributed by atoms with E-state index in [0.29, 0.717) is 4.73 Å². The third kappa shape index (κ3) is 2.98. The van der Waals surface area contributed by atoms with Crippen molar-refractivity contribution in [2.24, 2.45) is 0 Å². The van der Waals surface area contributed by atoms with Gasteiger partial charge in [-0.1, -0.05) is 0 Å². The van der Waals surface area contributed by atoms with Gasteiger partial charge in [-0.2, -0.15) is 0 Å². The SMILES string of the molecule is O=C[CH2][Ti]([Cl])([Cl])[N]1CCNCC1. The fourth-order valence-corrected chi connectivity index (χ4v) is 5.22. The Labute approximate surface area is 83.8 Å². The molecule has 0 amide bonds. The van der Waals surface area contributed by atoms with Crippen LogP contribution in [0.3, 0.4) is 0 Å². The average molecular weight is 247 g/mol. The van der Waals surface area contributed by atoms with Crippen LogP contribution in [0.4, 0.5) is 0 Å². The summed E-state index contributed by atoms with van der Waals surface area (Å²) in [5, 5.41) is 3.21. The monoisotopic (exact) mass is 246 g/mol. The van der Waals surface area contributed by atoms with Crippen LogP contribution in [-0.2, 0) is 19.5 Å². The molecule has 0 aromatic heterocycles. The van der Waals surface area contributed by atoms with Crippen molar-refractivity contribution < 1.29 is 19.5 Å². The second kappa shape index (κ2) is 4.94. The fourth-order valence-electron chi connectivity index (χ4n) is 1.22. The van der Waals surface area contributed by atoms with Gasteiger partial charge in [0.1, 0.15) is 0 Å². The second-order valence-electron chi connectivity index (χ2n) is 2.77. The van der Waals surface area contributed by atoms with E-state index in [-0.39, 0.29) is 0 Å². The standard InChI is InChI=1S/C4H9N2.C2H3O.2ClH.Ti/c1-2-6-4-3-5-1;1-2-3;;;/h5H,1-4H2;2H,1H2;2*1H;/q-1;;;;+3/p-2. The molecule has 1 saturated heterocycles. The van der Waals surface area contributed by atoms with E-state index in [2.05, 4.69) is 8.70 Å². The van der Waals surface area contributed by atoms with Crippen molar-refractivity contribution in [2.45, 2.75) is 4.73 Å². The van der Waals surface area contributed by atoms with Crippen molar-refractivity contribution >= 4 is 24.9 Å². The Morgan fingerprint density at radius 2 is 2.00 bits per heavy atom. The van der Waals surface area contributed by atoms with Crippen LogP contribution < -0.4 is 5.32 Å². The molecule has 12 heavy (non-hydrogen) atoms. The molecule has 0 saturated carbocycles. The fraction of sp³-hybridized carbons (Fsp3) is 0.833. The second-order valence-corrected chi connectivity index (χ2v) is 12.4. The predicted octanol–water partition coefficient (Wildman–Crippen LogP) is 0.885. The molecule has 0 aromatic rings. The van der Waals surface area contributed by atoms with Crippen LogP contribution in [0.15, 0.2) is 0 Å². The van der Waals surface area contributed by atoms with Crippen LogP contribution in [-0.4, -0.2) is 35.8 Å². The molecular formula is C6H12Cl2N2OTi. The summed E-state index contributed by atoms with van der Waals surface area (Å²) in [7, 11) is 12.3. The van der Waals surface area contributed by atoms with Gasteiger partial charge in [0.2, 0.25) is 0 Å². The van der Waals surface area contributed by atoms with Gasteiger partial charge in [-0.15, -0.1) is 0 Å². The third-order valence-corrected chi connectivity index (χ3v) is 8.32. The molecule has 1 fully saturated rings. The van der Waals surface area contributed by atoms with Gasteiger partial charge in [-0.25, -0.2) is 0 Å². The summed E-state index contributed by atoms with van der Waals surface area (Å²) in [5.41, 5.74) is 0. The Kier molecular flexibility index (Phi) is 4.51. The van der Waals surface area contributed by atoms with Crippen LogP contribution >= 0.6 is 18.6 Å². The Bertz CT molecular complexity index is 162. The van der Waals surface area contributed by atoms with E-state index in [4.69, 9.17) is 18.6 Å². The van der Waals surface area contributed by atoms with Crippen molar-refractivity contribution in [2.75, 3.05) is 26.2 Å². The number of nitrogens with zero attached hydrogens (tertiary/aromatic N) is 1. The first-order chi connectivity index (χ1) is 5.67. The molecule has 1 aliphatic heterocycles. The van der Waals surface area contributed by atoms with Gasteiger partial charge in [0, 0.05) is 0 Å². The van der Waals surface area contributed by atoms with Gasteiger partial charge in [-0.3, -0.25) is 0 Å². The summed E-state index contributed by atoms with van der Waals surface area (Å²) in [5.74, 6) is 0. The van der Waals surface area contributed by atoms with E-state index in [1.807, 2.05) is 0 Å². The molecule has 1 N–H and O–H groups in total. The number of halogens is 2. The number of nitrogens with one attached hydrogen (secondary N) is 1. The molecule has 0 aliphatic carbocycles. The maximum atomic E-state index is 10.3. The van der Waals surface area contributed by atoms with Crippen LogP contribution in [0.5, 0.6) is 0 Å². The van der Waals surface area contributed by atoms with E-state index in [9.17, 15) is 4.79 Å². The Balaban J connectivity index is 2.47. The number of aldehydes is 1. The summed E-state index contributed by atoms with van der Waals surface area (Å²) in [4.78, 5) is 10.3. The number of hydrogen-bond donors (Lipinski definition) is 1. The Morgan fingerprint density at radius 1 is 1.42 bits per heavy atom. The molecule has 6 heteroatoms. The van der Waals surface area contributed by atoms with Gasteiger partial charge in [0.25, 0.3) is 0 Å².